The van der Waals surface area contributed by atoms with Crippen LogP contribution in [0.15, 0.2) is 24.3 Å². The van der Waals surface area contributed by atoms with Gasteiger partial charge in [-0.05, 0) is 62.0 Å². The molecule has 4 aliphatic rings. The second kappa shape index (κ2) is 15.0. The van der Waals surface area contributed by atoms with Crippen molar-refractivity contribution in [1.82, 2.24) is 20.1 Å². The highest BCUT2D eigenvalue weighted by molar-refractivity contribution is 5.91. The monoisotopic (exact) mass is 718 g/mol. The number of para-hydroxylation sites is 1. The fourth-order valence-electron chi connectivity index (χ4n) is 7.56. The summed E-state index contributed by atoms with van der Waals surface area (Å²) in [5, 5.41) is 3.58. The van der Waals surface area contributed by atoms with Gasteiger partial charge in [0, 0.05) is 24.9 Å². The van der Waals surface area contributed by atoms with Crippen molar-refractivity contribution in [3.8, 4) is 11.6 Å². The summed E-state index contributed by atoms with van der Waals surface area (Å²) in [4.78, 5) is 48.0. The largest absolute Gasteiger partial charge is 0.489 e. The number of rotatable bonds is 4. The number of alkyl halides is 3. The van der Waals surface area contributed by atoms with Crippen molar-refractivity contribution in [1.29, 1.82) is 0 Å². The summed E-state index contributed by atoms with van der Waals surface area (Å²) < 4.78 is 63.4. The molecule has 3 aliphatic heterocycles. The van der Waals surface area contributed by atoms with Crippen LogP contribution < -0.4 is 14.8 Å². The smallest absolute Gasteiger partial charge is 0.408 e. The van der Waals surface area contributed by atoms with Crippen LogP contribution in [-0.4, -0.2) is 103 Å². The molecule has 1 aromatic heterocycles. The van der Waals surface area contributed by atoms with Crippen LogP contribution in [-0.2, 0) is 25.5 Å². The molecule has 1 aliphatic carbocycles. The highest BCUT2D eigenvalue weighted by Gasteiger charge is 2.48. The number of ether oxygens (including phenoxy) is 4. The normalized spacial score (nSPS) is 27.3. The minimum atomic E-state index is -4.26. The standard InChI is InChI=1S/C37H49F3N4O7/c1-36(2,3)31-33(45)44-20-24(19-28(44)34(46)48-4)50-32-26(12-7-5-6-10-22-18-29(22)51-35(47)42-31)30(25-11-8-9-13-27(25)41-32)49-23-14-16-43(17-15-23)21-37(38,39)40/h8-9,11,13,22-24,28-29,31H,5-7,10,12,14-21H2,1-4H3,(H,42,47)/t22-,24-,28+,29-,31-/m1/s1. The molecule has 2 saturated heterocycles. The van der Waals surface area contributed by atoms with Gasteiger partial charge in [-0.15, -0.1) is 0 Å². The van der Waals surface area contributed by atoms with Crippen molar-refractivity contribution >= 4 is 28.9 Å². The van der Waals surface area contributed by atoms with Crippen LogP contribution in [0.2, 0.25) is 0 Å². The first kappa shape index (κ1) is 37.0. The highest BCUT2D eigenvalue weighted by Crippen LogP contribution is 2.41. The number of methoxy groups -OCH3 is 1. The van der Waals surface area contributed by atoms with Crippen LogP contribution in [0.5, 0.6) is 11.6 Å². The maximum atomic E-state index is 14.2. The molecule has 6 rings (SSSR count). The van der Waals surface area contributed by atoms with Crippen molar-refractivity contribution in [2.45, 2.75) is 115 Å². The van der Waals surface area contributed by atoms with E-state index in [0.29, 0.717) is 36.4 Å². The lowest BCUT2D eigenvalue weighted by Crippen LogP contribution is -2.57. The molecule has 4 heterocycles. The number of amides is 2. The molecule has 2 bridgehead atoms. The van der Waals surface area contributed by atoms with E-state index in [9.17, 15) is 27.6 Å². The fraction of sp³-hybridized carbons (Fsp3) is 0.676. The van der Waals surface area contributed by atoms with Gasteiger partial charge in [-0.1, -0.05) is 45.7 Å². The van der Waals surface area contributed by atoms with E-state index in [4.69, 9.17) is 23.9 Å². The van der Waals surface area contributed by atoms with Crippen LogP contribution in [0, 0.1) is 11.3 Å². The van der Waals surface area contributed by atoms with Gasteiger partial charge < -0.3 is 29.2 Å². The Labute approximate surface area is 296 Å². The first-order valence-corrected chi connectivity index (χ1v) is 18.1. The number of pyridine rings is 1. The Morgan fingerprint density at radius 2 is 1.76 bits per heavy atom. The van der Waals surface area contributed by atoms with Gasteiger partial charge in [0.2, 0.25) is 11.8 Å². The van der Waals surface area contributed by atoms with Crippen molar-refractivity contribution in [3.63, 3.8) is 0 Å². The number of nitrogens with one attached hydrogen (secondary N) is 1. The van der Waals surface area contributed by atoms with Gasteiger partial charge in [-0.2, -0.15) is 13.2 Å². The third kappa shape index (κ3) is 8.99. The molecule has 2 amide bonds. The Bertz CT molecular complexity index is 1590. The zero-order chi connectivity index (χ0) is 36.5. The van der Waals surface area contributed by atoms with Gasteiger partial charge in [0.05, 0.1) is 31.3 Å². The third-order valence-electron chi connectivity index (χ3n) is 10.4. The first-order valence-electron chi connectivity index (χ1n) is 18.1. The molecule has 1 aromatic carbocycles. The highest BCUT2D eigenvalue weighted by atomic mass is 19.4. The lowest BCUT2D eigenvalue weighted by Gasteiger charge is -2.34. The van der Waals surface area contributed by atoms with Crippen LogP contribution in [0.4, 0.5) is 18.0 Å². The molecule has 3 fully saturated rings. The number of hydrogen-bond donors (Lipinski definition) is 1. The van der Waals surface area contributed by atoms with E-state index in [-0.39, 0.29) is 44.2 Å². The zero-order valence-electron chi connectivity index (χ0n) is 29.8. The van der Waals surface area contributed by atoms with Crippen molar-refractivity contribution < 1.29 is 46.5 Å². The number of halogens is 3. The number of fused-ring (bicyclic) bond motifs is 5. The lowest BCUT2D eigenvalue weighted by molar-refractivity contribution is -0.152. The van der Waals surface area contributed by atoms with Gasteiger partial charge in [0.15, 0.2) is 0 Å². The van der Waals surface area contributed by atoms with Crippen LogP contribution in [0.1, 0.15) is 77.7 Å². The fourth-order valence-corrected chi connectivity index (χ4v) is 7.56. The number of carbonyl (C=O) groups excluding carboxylic acids is 3. The summed E-state index contributed by atoms with van der Waals surface area (Å²) in [6.45, 7) is 5.17. The van der Waals surface area contributed by atoms with Gasteiger partial charge >= 0.3 is 18.2 Å². The van der Waals surface area contributed by atoms with Gasteiger partial charge in [-0.3, -0.25) is 9.69 Å². The summed E-state index contributed by atoms with van der Waals surface area (Å²) in [6.07, 6.45) is -0.142. The molecule has 0 spiro atoms. The lowest BCUT2D eigenvalue weighted by atomic mass is 9.85. The van der Waals surface area contributed by atoms with Gasteiger partial charge in [-0.25, -0.2) is 14.6 Å². The molecule has 14 heteroatoms. The molecular formula is C37H49F3N4O7. The number of hydrogen-bond acceptors (Lipinski definition) is 9. The van der Waals surface area contributed by atoms with E-state index in [2.05, 4.69) is 5.32 Å². The quantitative estimate of drug-likeness (QED) is 0.391. The molecular weight excluding hydrogens is 669 g/mol. The van der Waals surface area contributed by atoms with Crippen LogP contribution >= 0.6 is 0 Å². The minimum Gasteiger partial charge on any atom is -0.489 e. The molecule has 0 unspecified atom stereocenters. The Kier molecular flexibility index (Phi) is 10.9. The molecule has 2 aromatic rings. The van der Waals surface area contributed by atoms with E-state index in [1.54, 1.807) is 0 Å². The van der Waals surface area contributed by atoms with Gasteiger partial charge in [0.25, 0.3) is 0 Å². The average Bonchev–Trinajstić information content (AvgIpc) is 3.66. The molecule has 1 saturated carbocycles. The Balaban J connectivity index is 1.33. The summed E-state index contributed by atoms with van der Waals surface area (Å²) in [5.74, 6) is 0.176. The average molecular weight is 719 g/mol. The van der Waals surface area contributed by atoms with E-state index in [1.807, 2.05) is 45.0 Å². The van der Waals surface area contributed by atoms with Crippen molar-refractivity contribution in [2.24, 2.45) is 11.3 Å². The third-order valence-corrected chi connectivity index (χ3v) is 10.4. The summed E-state index contributed by atoms with van der Waals surface area (Å²) >= 11 is 0. The van der Waals surface area contributed by atoms with Crippen molar-refractivity contribution in [3.05, 3.63) is 29.8 Å². The number of piperidine rings is 1. The number of alkyl carbamates (subject to hydrolysis) is 1. The summed E-state index contributed by atoms with van der Waals surface area (Å²) in [5.41, 5.74) is 0.690. The van der Waals surface area contributed by atoms with Crippen LogP contribution in [0.3, 0.4) is 0 Å². The second-order valence-corrected chi connectivity index (χ2v) is 15.4. The molecule has 5 atom stereocenters. The Hall–Kier alpha value is -3.81. The summed E-state index contributed by atoms with van der Waals surface area (Å²) in [6, 6.07) is 5.61. The minimum absolute atomic E-state index is 0.0500. The molecule has 280 valence electrons. The maximum Gasteiger partial charge on any atom is 0.408 e. The number of aromatic nitrogens is 1. The number of likely N-dealkylation sites (tertiary alicyclic amines) is 1. The Morgan fingerprint density at radius 3 is 2.47 bits per heavy atom. The van der Waals surface area contributed by atoms with Crippen molar-refractivity contribution in [2.75, 3.05) is 33.3 Å². The topological polar surface area (TPSA) is 120 Å². The van der Waals surface area contributed by atoms with Crippen LogP contribution in [0.25, 0.3) is 10.9 Å². The predicted molar refractivity (Wildman–Crippen MR) is 181 cm³/mol. The van der Waals surface area contributed by atoms with Gasteiger partial charge in [0.1, 0.15) is 36.1 Å². The predicted octanol–water partition coefficient (Wildman–Crippen LogP) is 5.81. The summed E-state index contributed by atoms with van der Waals surface area (Å²) in [7, 11) is 1.27. The number of nitrogens with zero attached hydrogens (tertiary/aromatic N) is 3. The van der Waals surface area contributed by atoms with E-state index in [1.165, 1.54) is 16.9 Å². The Morgan fingerprint density at radius 1 is 1.02 bits per heavy atom. The molecule has 1 N–H and O–H groups in total. The maximum absolute atomic E-state index is 14.2. The molecule has 11 nitrogen and oxygen atoms in total. The number of benzene rings is 1. The number of esters is 1. The first-order chi connectivity index (χ1) is 24.2. The SMILES string of the molecule is COC(=O)[C@@H]1C[C@@H]2CN1C(=O)[C@H](C(C)(C)C)NC(=O)O[C@@H]1C[C@H]1CCCCCc1c(nc3ccccc3c1OC1CCN(CC(F)(F)F)CC1)O2. The zero-order valence-corrected chi connectivity index (χ0v) is 29.8. The van der Waals surface area contributed by atoms with E-state index < -0.39 is 54.3 Å². The second-order valence-electron chi connectivity index (χ2n) is 15.4. The number of carbonyl (C=O) groups is 3. The van der Waals surface area contributed by atoms with E-state index >= 15 is 0 Å². The molecule has 0 radical (unpaired) electrons. The van der Waals surface area contributed by atoms with E-state index in [0.717, 1.165) is 43.1 Å². The molecule has 51 heavy (non-hydrogen) atoms.